The predicted molar refractivity (Wildman–Crippen MR) is 83.8 cm³/mol. The van der Waals surface area contributed by atoms with Gasteiger partial charge in [0.05, 0.1) is 18.3 Å². The van der Waals surface area contributed by atoms with Gasteiger partial charge in [-0.05, 0) is 26.0 Å². The summed E-state index contributed by atoms with van der Waals surface area (Å²) >= 11 is 0. The third kappa shape index (κ3) is 4.23. The van der Waals surface area contributed by atoms with Gasteiger partial charge >= 0.3 is 0 Å². The maximum atomic E-state index is 5.62. The fourth-order valence-corrected chi connectivity index (χ4v) is 2.29. The Morgan fingerprint density at radius 1 is 1.33 bits per heavy atom. The van der Waals surface area contributed by atoms with Crippen LogP contribution in [0.3, 0.4) is 0 Å². The van der Waals surface area contributed by atoms with E-state index in [4.69, 9.17) is 9.47 Å². The number of anilines is 1. The van der Waals surface area contributed by atoms with Gasteiger partial charge in [-0.15, -0.1) is 0 Å². The van der Waals surface area contributed by atoms with Crippen molar-refractivity contribution in [3.05, 3.63) is 41.7 Å². The summed E-state index contributed by atoms with van der Waals surface area (Å²) in [6.07, 6.45) is 2.05. The number of hydrogen-bond acceptors (Lipinski definition) is 4. The van der Waals surface area contributed by atoms with E-state index in [1.165, 1.54) is 5.56 Å². The van der Waals surface area contributed by atoms with Gasteiger partial charge in [0, 0.05) is 37.7 Å². The van der Waals surface area contributed by atoms with E-state index >= 15 is 0 Å². The summed E-state index contributed by atoms with van der Waals surface area (Å²) in [5, 5.41) is 7.86. The molecule has 1 aromatic heterocycles. The van der Waals surface area contributed by atoms with Crippen LogP contribution in [0.4, 0.5) is 5.69 Å². The molecule has 1 heterocycles. The number of ether oxygens (including phenoxy) is 2. The molecule has 1 N–H and O–H groups in total. The molecule has 0 saturated carbocycles. The van der Waals surface area contributed by atoms with E-state index in [2.05, 4.69) is 17.3 Å². The van der Waals surface area contributed by atoms with Crippen molar-refractivity contribution in [2.24, 2.45) is 7.05 Å². The number of nitrogens with one attached hydrogen (secondary N) is 1. The summed E-state index contributed by atoms with van der Waals surface area (Å²) in [5.41, 5.74) is 3.27. The average molecular weight is 289 g/mol. The largest absolute Gasteiger partial charge is 0.491 e. The minimum atomic E-state index is 0.188. The Morgan fingerprint density at radius 2 is 2.14 bits per heavy atom. The van der Waals surface area contributed by atoms with Gasteiger partial charge in [-0.1, -0.05) is 6.07 Å². The van der Waals surface area contributed by atoms with Crippen LogP contribution >= 0.6 is 0 Å². The monoisotopic (exact) mass is 289 g/mol. The van der Waals surface area contributed by atoms with Crippen molar-refractivity contribution in [3.8, 4) is 5.75 Å². The summed E-state index contributed by atoms with van der Waals surface area (Å²) in [5.74, 6) is 0.840. The SMILES string of the molecule is COCCOc1cccc(NC(C)c2cn(C)nc2C)c1. The first-order valence-corrected chi connectivity index (χ1v) is 7.08. The molecule has 2 rings (SSSR count). The fraction of sp³-hybridized carbons (Fsp3) is 0.438. The smallest absolute Gasteiger partial charge is 0.121 e. The van der Waals surface area contributed by atoms with Crippen molar-refractivity contribution in [2.45, 2.75) is 19.9 Å². The van der Waals surface area contributed by atoms with Crippen molar-refractivity contribution in [2.75, 3.05) is 25.6 Å². The molecule has 0 spiro atoms. The zero-order valence-corrected chi connectivity index (χ0v) is 13.1. The molecular weight excluding hydrogens is 266 g/mol. The number of hydrogen-bond donors (Lipinski definition) is 1. The van der Waals surface area contributed by atoms with Crippen molar-refractivity contribution >= 4 is 5.69 Å². The molecular formula is C16H23N3O2. The van der Waals surface area contributed by atoms with E-state index < -0.39 is 0 Å². The van der Waals surface area contributed by atoms with E-state index in [-0.39, 0.29) is 6.04 Å². The van der Waals surface area contributed by atoms with Gasteiger partial charge in [0.25, 0.3) is 0 Å². The van der Waals surface area contributed by atoms with E-state index in [0.29, 0.717) is 13.2 Å². The quantitative estimate of drug-likeness (QED) is 0.796. The molecule has 5 nitrogen and oxygen atoms in total. The highest BCUT2D eigenvalue weighted by Gasteiger charge is 2.11. The molecule has 1 atom stereocenters. The average Bonchev–Trinajstić information content (AvgIpc) is 2.78. The summed E-state index contributed by atoms with van der Waals surface area (Å²) in [4.78, 5) is 0. The lowest BCUT2D eigenvalue weighted by molar-refractivity contribution is 0.146. The minimum absolute atomic E-state index is 0.188. The maximum Gasteiger partial charge on any atom is 0.121 e. The van der Waals surface area contributed by atoms with E-state index in [9.17, 15) is 0 Å². The lowest BCUT2D eigenvalue weighted by Gasteiger charge is -2.15. The molecule has 0 aliphatic heterocycles. The summed E-state index contributed by atoms with van der Waals surface area (Å²) < 4.78 is 12.4. The Balaban J connectivity index is 2.02. The number of nitrogens with zero attached hydrogens (tertiary/aromatic N) is 2. The zero-order chi connectivity index (χ0) is 15.2. The first-order valence-electron chi connectivity index (χ1n) is 7.08. The molecule has 0 radical (unpaired) electrons. The second-order valence-electron chi connectivity index (χ2n) is 5.08. The molecule has 0 fully saturated rings. The van der Waals surface area contributed by atoms with E-state index in [1.807, 2.05) is 49.1 Å². The first-order chi connectivity index (χ1) is 10.1. The Labute approximate surface area is 125 Å². The normalized spacial score (nSPS) is 12.2. The Morgan fingerprint density at radius 3 is 2.81 bits per heavy atom. The third-order valence-corrected chi connectivity index (χ3v) is 3.29. The molecule has 0 bridgehead atoms. The number of aryl methyl sites for hydroxylation is 2. The van der Waals surface area contributed by atoms with Crippen LogP contribution in [0, 0.1) is 6.92 Å². The Kier molecular flexibility index (Phi) is 5.22. The lowest BCUT2D eigenvalue weighted by atomic mass is 10.1. The highest BCUT2D eigenvalue weighted by Crippen LogP contribution is 2.24. The van der Waals surface area contributed by atoms with E-state index in [0.717, 1.165) is 17.1 Å². The predicted octanol–water partition coefficient (Wildman–Crippen LogP) is 2.93. The molecule has 1 aromatic carbocycles. The summed E-state index contributed by atoms with van der Waals surface area (Å²) in [7, 11) is 3.60. The fourth-order valence-electron chi connectivity index (χ4n) is 2.29. The van der Waals surface area contributed by atoms with Crippen LogP contribution in [-0.4, -0.2) is 30.1 Å². The van der Waals surface area contributed by atoms with Crippen molar-refractivity contribution in [1.29, 1.82) is 0 Å². The van der Waals surface area contributed by atoms with Crippen molar-refractivity contribution in [1.82, 2.24) is 9.78 Å². The van der Waals surface area contributed by atoms with E-state index in [1.54, 1.807) is 7.11 Å². The number of methoxy groups -OCH3 is 1. The number of aromatic nitrogens is 2. The van der Waals surface area contributed by atoms with Gasteiger partial charge in [0.2, 0.25) is 0 Å². The van der Waals surface area contributed by atoms with Gasteiger partial charge in [0.15, 0.2) is 0 Å². The van der Waals surface area contributed by atoms with Crippen LogP contribution in [0.2, 0.25) is 0 Å². The Bertz CT molecular complexity index is 581. The molecule has 2 aromatic rings. The maximum absolute atomic E-state index is 5.62. The topological polar surface area (TPSA) is 48.3 Å². The molecule has 114 valence electrons. The highest BCUT2D eigenvalue weighted by molar-refractivity contribution is 5.50. The third-order valence-electron chi connectivity index (χ3n) is 3.29. The molecule has 1 unspecified atom stereocenters. The van der Waals surface area contributed by atoms with Crippen LogP contribution < -0.4 is 10.1 Å². The van der Waals surface area contributed by atoms with Crippen LogP contribution in [0.5, 0.6) is 5.75 Å². The van der Waals surface area contributed by atoms with Crippen LogP contribution in [0.1, 0.15) is 24.2 Å². The van der Waals surface area contributed by atoms with Gasteiger partial charge in [-0.25, -0.2) is 0 Å². The van der Waals surface area contributed by atoms with Crippen LogP contribution in [0.25, 0.3) is 0 Å². The van der Waals surface area contributed by atoms with Gasteiger partial charge in [-0.2, -0.15) is 5.10 Å². The first kappa shape index (κ1) is 15.4. The van der Waals surface area contributed by atoms with Gasteiger partial charge < -0.3 is 14.8 Å². The molecule has 0 aliphatic rings. The molecule has 0 saturated heterocycles. The number of benzene rings is 1. The molecule has 0 aliphatic carbocycles. The molecule has 5 heteroatoms. The van der Waals surface area contributed by atoms with Gasteiger partial charge in [-0.3, -0.25) is 4.68 Å². The second-order valence-corrected chi connectivity index (χ2v) is 5.08. The molecule has 21 heavy (non-hydrogen) atoms. The summed E-state index contributed by atoms with van der Waals surface area (Å²) in [6.45, 7) is 5.29. The Hall–Kier alpha value is -2.01. The van der Waals surface area contributed by atoms with Crippen molar-refractivity contribution in [3.63, 3.8) is 0 Å². The standard InChI is InChI=1S/C16H23N3O2/c1-12(16-11-19(3)18-13(16)2)17-14-6-5-7-15(10-14)21-9-8-20-4/h5-7,10-12,17H,8-9H2,1-4H3. The minimum Gasteiger partial charge on any atom is -0.491 e. The lowest BCUT2D eigenvalue weighted by Crippen LogP contribution is -2.08. The number of rotatable bonds is 7. The summed E-state index contributed by atoms with van der Waals surface area (Å²) in [6, 6.07) is 8.14. The van der Waals surface area contributed by atoms with Crippen LogP contribution in [0.15, 0.2) is 30.5 Å². The molecule has 0 amide bonds. The van der Waals surface area contributed by atoms with Gasteiger partial charge in [0.1, 0.15) is 12.4 Å². The second kappa shape index (κ2) is 7.13. The highest BCUT2D eigenvalue weighted by atomic mass is 16.5. The van der Waals surface area contributed by atoms with Crippen molar-refractivity contribution < 1.29 is 9.47 Å². The van der Waals surface area contributed by atoms with Crippen LogP contribution in [-0.2, 0) is 11.8 Å². The zero-order valence-electron chi connectivity index (χ0n) is 13.1.